The van der Waals surface area contributed by atoms with Gasteiger partial charge < -0.3 is 4.57 Å². The van der Waals surface area contributed by atoms with Crippen molar-refractivity contribution < 1.29 is 4.79 Å². The molecule has 0 saturated carbocycles. The van der Waals surface area contributed by atoms with Crippen molar-refractivity contribution in [3.63, 3.8) is 0 Å². The molecule has 3 aromatic carbocycles. The molecule has 0 aliphatic carbocycles. The molecule has 31 heavy (non-hydrogen) atoms. The Morgan fingerprint density at radius 1 is 1.00 bits per heavy atom. The van der Waals surface area contributed by atoms with Gasteiger partial charge in [-0.25, -0.2) is 0 Å². The minimum atomic E-state index is -0.409. The van der Waals surface area contributed by atoms with E-state index < -0.39 is 5.92 Å². The molecule has 1 heterocycles. The van der Waals surface area contributed by atoms with E-state index in [1.165, 1.54) is 10.3 Å². The van der Waals surface area contributed by atoms with E-state index in [0.29, 0.717) is 0 Å². The number of carbonyl (C=O) groups is 1. The second kappa shape index (κ2) is 10.1. The highest BCUT2D eigenvalue weighted by Crippen LogP contribution is 2.26. The van der Waals surface area contributed by atoms with E-state index in [1.807, 2.05) is 60.7 Å². The first-order chi connectivity index (χ1) is 15.2. The van der Waals surface area contributed by atoms with Crippen molar-refractivity contribution in [3.05, 3.63) is 100 Å². The molecule has 0 fully saturated rings. The van der Waals surface area contributed by atoms with E-state index in [0.717, 1.165) is 40.2 Å². The summed E-state index contributed by atoms with van der Waals surface area (Å²) in [5.74, 6) is 0.439. The summed E-state index contributed by atoms with van der Waals surface area (Å²) in [6.07, 6.45) is 3.10. The lowest BCUT2D eigenvalue weighted by Gasteiger charge is -2.14. The molecule has 1 aromatic heterocycles. The number of thiazole rings is 1. The standard InChI is InChI=1S/C26H26N2OS2/c1-3-19-14-15-22-23(18-19)31-26(28(22)16-17-30-2)27-25(29)24(20-10-6-4-7-11-20)21-12-8-5-9-13-21/h4-15,18,24H,3,16-17H2,1-2H3. The zero-order valence-corrected chi connectivity index (χ0v) is 19.5. The minimum absolute atomic E-state index is 0.127. The smallest absolute Gasteiger partial charge is 0.260 e. The van der Waals surface area contributed by atoms with Gasteiger partial charge in [-0.05, 0) is 41.5 Å². The van der Waals surface area contributed by atoms with Gasteiger partial charge in [-0.1, -0.05) is 85.0 Å². The quantitative estimate of drug-likeness (QED) is 0.355. The topological polar surface area (TPSA) is 34.4 Å². The second-order valence-corrected chi connectivity index (χ2v) is 9.38. The molecular formula is C26H26N2OS2. The first-order valence-corrected chi connectivity index (χ1v) is 12.7. The van der Waals surface area contributed by atoms with Gasteiger partial charge >= 0.3 is 0 Å². The fourth-order valence-corrected chi connectivity index (χ4v) is 5.24. The molecule has 0 unspecified atom stereocenters. The highest BCUT2D eigenvalue weighted by molar-refractivity contribution is 7.98. The summed E-state index contributed by atoms with van der Waals surface area (Å²) in [4.78, 5) is 19.0. The number of carbonyl (C=O) groups excluding carboxylic acids is 1. The van der Waals surface area contributed by atoms with Crippen LogP contribution in [0.5, 0.6) is 0 Å². The molecule has 1 amide bonds. The number of nitrogens with zero attached hydrogens (tertiary/aromatic N) is 2. The number of hydrogen-bond acceptors (Lipinski definition) is 3. The highest BCUT2D eigenvalue weighted by atomic mass is 32.2. The molecule has 4 rings (SSSR count). The summed E-state index contributed by atoms with van der Waals surface area (Å²) < 4.78 is 3.38. The minimum Gasteiger partial charge on any atom is -0.316 e. The van der Waals surface area contributed by atoms with E-state index in [-0.39, 0.29) is 5.91 Å². The Kier molecular flexibility index (Phi) is 7.05. The third-order valence-corrected chi connectivity index (χ3v) is 7.03. The van der Waals surface area contributed by atoms with Crippen LogP contribution in [-0.2, 0) is 17.8 Å². The molecule has 0 N–H and O–H groups in total. The Morgan fingerprint density at radius 2 is 1.65 bits per heavy atom. The van der Waals surface area contributed by atoms with Crippen LogP contribution in [-0.4, -0.2) is 22.5 Å². The molecule has 0 aliphatic heterocycles. The Bertz CT molecular complexity index is 1190. The zero-order valence-electron chi connectivity index (χ0n) is 17.8. The van der Waals surface area contributed by atoms with Gasteiger partial charge in [0, 0.05) is 12.3 Å². The number of amides is 1. The predicted molar refractivity (Wildman–Crippen MR) is 133 cm³/mol. The SMILES string of the molecule is CCc1ccc2c(c1)sc(=NC(=O)C(c1ccccc1)c1ccccc1)n2CCSC. The number of aryl methyl sites for hydroxylation is 2. The molecule has 5 heteroatoms. The van der Waals surface area contributed by atoms with Crippen LogP contribution in [0, 0.1) is 0 Å². The van der Waals surface area contributed by atoms with Crippen molar-refractivity contribution in [2.45, 2.75) is 25.8 Å². The highest BCUT2D eigenvalue weighted by Gasteiger charge is 2.22. The molecule has 0 atom stereocenters. The van der Waals surface area contributed by atoms with Crippen molar-refractivity contribution >= 4 is 39.2 Å². The maximum Gasteiger partial charge on any atom is 0.260 e. The van der Waals surface area contributed by atoms with Crippen molar-refractivity contribution in [3.8, 4) is 0 Å². The van der Waals surface area contributed by atoms with E-state index in [1.54, 1.807) is 23.1 Å². The molecule has 0 aliphatic rings. The van der Waals surface area contributed by atoms with Crippen LogP contribution in [0.25, 0.3) is 10.2 Å². The number of thioether (sulfide) groups is 1. The number of fused-ring (bicyclic) bond motifs is 1. The van der Waals surface area contributed by atoms with E-state index in [4.69, 9.17) is 4.99 Å². The number of aromatic nitrogens is 1. The molecule has 0 spiro atoms. The summed E-state index contributed by atoms with van der Waals surface area (Å²) in [5, 5.41) is 0. The van der Waals surface area contributed by atoms with Gasteiger partial charge in [-0.3, -0.25) is 4.79 Å². The first-order valence-electron chi connectivity index (χ1n) is 10.5. The van der Waals surface area contributed by atoms with E-state index in [9.17, 15) is 4.79 Å². The van der Waals surface area contributed by atoms with E-state index >= 15 is 0 Å². The summed E-state index contributed by atoms with van der Waals surface area (Å²) in [6, 6.07) is 26.4. The van der Waals surface area contributed by atoms with Gasteiger partial charge in [0.1, 0.15) is 0 Å². The Hall–Kier alpha value is -2.63. The van der Waals surface area contributed by atoms with Gasteiger partial charge in [0.05, 0.1) is 16.1 Å². The summed E-state index contributed by atoms with van der Waals surface area (Å²) in [5.41, 5.74) is 4.38. The first kappa shape index (κ1) is 21.6. The van der Waals surface area contributed by atoms with Crippen LogP contribution < -0.4 is 4.80 Å². The molecule has 0 bridgehead atoms. The van der Waals surface area contributed by atoms with Gasteiger partial charge in [0.2, 0.25) is 0 Å². The van der Waals surface area contributed by atoms with Gasteiger partial charge in [-0.15, -0.1) is 0 Å². The van der Waals surface area contributed by atoms with Crippen molar-refractivity contribution in [1.82, 2.24) is 4.57 Å². The Labute approximate surface area is 191 Å². The number of hydrogen-bond donors (Lipinski definition) is 0. The number of rotatable bonds is 7. The monoisotopic (exact) mass is 446 g/mol. The fourth-order valence-electron chi connectivity index (χ4n) is 3.75. The van der Waals surface area contributed by atoms with Crippen LogP contribution in [0.3, 0.4) is 0 Å². The summed E-state index contributed by atoms with van der Waals surface area (Å²) >= 11 is 3.41. The lowest BCUT2D eigenvalue weighted by Crippen LogP contribution is -2.21. The average Bonchev–Trinajstić information content (AvgIpc) is 3.15. The summed E-state index contributed by atoms with van der Waals surface area (Å²) in [7, 11) is 0. The third kappa shape index (κ3) is 4.83. The molecular weight excluding hydrogens is 420 g/mol. The van der Waals surface area contributed by atoms with Crippen molar-refractivity contribution in [2.75, 3.05) is 12.0 Å². The molecule has 3 nitrogen and oxygen atoms in total. The van der Waals surface area contributed by atoms with E-state index in [2.05, 4.69) is 35.9 Å². The molecule has 158 valence electrons. The maximum atomic E-state index is 13.6. The maximum absolute atomic E-state index is 13.6. The van der Waals surface area contributed by atoms with Crippen LogP contribution in [0.1, 0.15) is 29.5 Å². The van der Waals surface area contributed by atoms with Gasteiger partial charge in [-0.2, -0.15) is 16.8 Å². The van der Waals surface area contributed by atoms with Crippen molar-refractivity contribution in [2.24, 2.45) is 4.99 Å². The second-order valence-electron chi connectivity index (χ2n) is 7.39. The van der Waals surface area contributed by atoms with Crippen LogP contribution in [0.15, 0.2) is 83.9 Å². The fraction of sp³-hybridized carbons (Fsp3) is 0.231. The van der Waals surface area contributed by atoms with Gasteiger partial charge in [0.15, 0.2) is 4.80 Å². The normalized spacial score (nSPS) is 12.0. The average molecular weight is 447 g/mol. The van der Waals surface area contributed by atoms with Crippen LogP contribution in [0.4, 0.5) is 0 Å². The molecule has 4 aromatic rings. The largest absolute Gasteiger partial charge is 0.316 e. The van der Waals surface area contributed by atoms with Crippen LogP contribution in [0.2, 0.25) is 0 Å². The zero-order chi connectivity index (χ0) is 21.6. The molecule has 0 saturated heterocycles. The molecule has 0 radical (unpaired) electrons. The number of benzene rings is 3. The predicted octanol–water partition coefficient (Wildman–Crippen LogP) is 5.89. The third-order valence-electron chi connectivity index (χ3n) is 5.39. The van der Waals surface area contributed by atoms with Crippen molar-refractivity contribution in [1.29, 1.82) is 0 Å². The lowest BCUT2D eigenvalue weighted by atomic mass is 9.91. The summed E-state index contributed by atoms with van der Waals surface area (Å²) in [6.45, 7) is 3.00. The lowest BCUT2D eigenvalue weighted by molar-refractivity contribution is -0.118. The van der Waals surface area contributed by atoms with Crippen LogP contribution >= 0.6 is 23.1 Å². The Morgan fingerprint density at radius 3 is 2.23 bits per heavy atom. The van der Waals surface area contributed by atoms with Gasteiger partial charge in [0.25, 0.3) is 5.91 Å². The Balaban J connectivity index is 1.84.